The average molecular weight is 380 g/mol. The van der Waals surface area contributed by atoms with Crippen LogP contribution >= 0.6 is 0 Å². The molecule has 0 spiro atoms. The zero-order valence-electron chi connectivity index (χ0n) is 16.9. The number of aliphatic imine (C=N–C) groups is 1. The van der Waals surface area contributed by atoms with Gasteiger partial charge < -0.3 is 19.9 Å². The van der Waals surface area contributed by atoms with Crippen LogP contribution in [0.4, 0.5) is 0 Å². The number of benzene rings is 2. The van der Waals surface area contributed by atoms with E-state index in [0.29, 0.717) is 6.61 Å². The number of hydrogen-bond acceptors (Lipinski definition) is 3. The number of aromatic nitrogens is 2. The second-order valence-corrected chi connectivity index (χ2v) is 6.76. The van der Waals surface area contributed by atoms with E-state index in [1.54, 1.807) is 14.2 Å². The molecule has 0 bridgehead atoms. The molecule has 3 aromatic rings. The molecule has 0 amide bonds. The van der Waals surface area contributed by atoms with Gasteiger partial charge in [-0.05, 0) is 36.6 Å². The first-order valence-electron chi connectivity index (χ1n) is 9.64. The molecule has 0 aliphatic rings. The number of ether oxygens (including phenoxy) is 1. The van der Waals surface area contributed by atoms with Crippen LogP contribution in [0.25, 0.3) is 11.0 Å². The molecule has 148 valence electrons. The van der Waals surface area contributed by atoms with Crippen LogP contribution in [0.1, 0.15) is 23.4 Å². The summed E-state index contributed by atoms with van der Waals surface area (Å²) in [6.07, 6.45) is 0.991. The fraction of sp³-hybridized carbons (Fsp3) is 0.364. The summed E-state index contributed by atoms with van der Waals surface area (Å²) in [5, 5.41) is 6.76. The fourth-order valence-corrected chi connectivity index (χ4v) is 3.32. The van der Waals surface area contributed by atoms with Crippen LogP contribution in [0.15, 0.2) is 53.5 Å². The van der Waals surface area contributed by atoms with E-state index in [2.05, 4.69) is 74.6 Å². The van der Waals surface area contributed by atoms with Crippen molar-refractivity contribution in [2.24, 2.45) is 4.99 Å². The zero-order valence-corrected chi connectivity index (χ0v) is 16.9. The van der Waals surface area contributed by atoms with Crippen molar-refractivity contribution in [3.05, 3.63) is 65.5 Å². The van der Waals surface area contributed by atoms with E-state index in [9.17, 15) is 0 Å². The number of nitrogens with zero attached hydrogens (tertiary/aromatic N) is 3. The van der Waals surface area contributed by atoms with Gasteiger partial charge in [-0.2, -0.15) is 0 Å². The van der Waals surface area contributed by atoms with Crippen LogP contribution in [0, 0.1) is 6.92 Å². The minimum atomic E-state index is 0.628. The van der Waals surface area contributed by atoms with E-state index in [0.717, 1.165) is 43.4 Å². The molecular weight excluding hydrogens is 350 g/mol. The van der Waals surface area contributed by atoms with Crippen LogP contribution in [-0.2, 0) is 24.4 Å². The molecule has 28 heavy (non-hydrogen) atoms. The first-order chi connectivity index (χ1) is 13.7. The maximum absolute atomic E-state index is 5.20. The Kier molecular flexibility index (Phi) is 7.03. The summed E-state index contributed by atoms with van der Waals surface area (Å²) >= 11 is 0. The van der Waals surface area contributed by atoms with Gasteiger partial charge in [-0.15, -0.1) is 0 Å². The highest BCUT2D eigenvalue weighted by atomic mass is 16.5. The summed E-state index contributed by atoms with van der Waals surface area (Å²) in [4.78, 5) is 8.94. The maximum atomic E-state index is 5.20. The quantitative estimate of drug-likeness (QED) is 0.358. The van der Waals surface area contributed by atoms with Crippen molar-refractivity contribution >= 4 is 17.0 Å². The predicted octanol–water partition coefficient (Wildman–Crippen LogP) is 3.25. The number of guanidine groups is 1. The summed E-state index contributed by atoms with van der Waals surface area (Å²) in [6, 6.07) is 16.7. The van der Waals surface area contributed by atoms with E-state index in [-0.39, 0.29) is 0 Å². The molecule has 6 nitrogen and oxygen atoms in total. The number of methoxy groups -OCH3 is 1. The molecular formula is C22H29N5O. The van der Waals surface area contributed by atoms with Crippen LogP contribution < -0.4 is 10.6 Å². The molecule has 3 rings (SSSR count). The molecule has 0 fully saturated rings. The van der Waals surface area contributed by atoms with Gasteiger partial charge in [0, 0.05) is 33.8 Å². The number of fused-ring (bicyclic) bond motifs is 1. The summed E-state index contributed by atoms with van der Waals surface area (Å²) in [5.74, 6) is 1.86. The van der Waals surface area contributed by atoms with Gasteiger partial charge in [0.05, 0.1) is 17.6 Å². The summed E-state index contributed by atoms with van der Waals surface area (Å²) in [7, 11) is 3.51. The Morgan fingerprint density at radius 2 is 1.93 bits per heavy atom. The number of para-hydroxylation sites is 2. The lowest BCUT2D eigenvalue weighted by Gasteiger charge is -2.13. The number of hydrogen-bond donors (Lipinski definition) is 2. The Balaban J connectivity index is 1.47. The highest BCUT2D eigenvalue weighted by Crippen LogP contribution is 2.15. The van der Waals surface area contributed by atoms with Gasteiger partial charge in [-0.1, -0.05) is 36.4 Å². The smallest absolute Gasteiger partial charge is 0.191 e. The summed E-state index contributed by atoms with van der Waals surface area (Å²) in [5.41, 5.74) is 4.63. The van der Waals surface area contributed by atoms with Gasteiger partial charge in [0.25, 0.3) is 0 Å². The third-order valence-corrected chi connectivity index (χ3v) is 4.68. The topological polar surface area (TPSA) is 63.5 Å². The average Bonchev–Trinajstić information content (AvgIpc) is 3.03. The van der Waals surface area contributed by atoms with Crippen molar-refractivity contribution in [1.82, 2.24) is 20.2 Å². The van der Waals surface area contributed by atoms with Gasteiger partial charge >= 0.3 is 0 Å². The Hall–Kier alpha value is -2.86. The van der Waals surface area contributed by atoms with Crippen molar-refractivity contribution in [1.29, 1.82) is 0 Å². The van der Waals surface area contributed by atoms with Crippen molar-refractivity contribution in [2.75, 3.05) is 20.7 Å². The predicted molar refractivity (Wildman–Crippen MR) is 114 cm³/mol. The highest BCUT2D eigenvalue weighted by Gasteiger charge is 2.06. The SMILES string of the molecule is CN=C(NCCCn1c(C)nc2ccccc21)NCc1cccc(COC)c1. The summed E-state index contributed by atoms with van der Waals surface area (Å²) < 4.78 is 7.47. The number of imidazole rings is 1. The first kappa shape index (κ1) is 19.9. The van der Waals surface area contributed by atoms with Crippen LogP contribution in [0.2, 0.25) is 0 Å². The molecule has 0 saturated carbocycles. The Morgan fingerprint density at radius 1 is 1.11 bits per heavy atom. The second kappa shape index (κ2) is 9.90. The monoisotopic (exact) mass is 379 g/mol. The molecule has 6 heteroatoms. The summed E-state index contributed by atoms with van der Waals surface area (Å²) in [6.45, 7) is 5.18. The lowest BCUT2D eigenvalue weighted by molar-refractivity contribution is 0.185. The molecule has 0 saturated heterocycles. The third-order valence-electron chi connectivity index (χ3n) is 4.68. The van der Waals surface area contributed by atoms with E-state index >= 15 is 0 Å². The zero-order chi connectivity index (χ0) is 19.8. The molecule has 2 N–H and O–H groups in total. The van der Waals surface area contributed by atoms with Crippen molar-refractivity contribution in [3.8, 4) is 0 Å². The number of rotatable bonds is 8. The van der Waals surface area contributed by atoms with Gasteiger partial charge in [-0.25, -0.2) is 4.98 Å². The standard InChI is InChI=1S/C22H29N5O/c1-17-26-20-10-4-5-11-21(20)27(17)13-7-12-24-22(23-2)25-15-18-8-6-9-19(14-18)16-28-3/h4-6,8-11,14H,7,12-13,15-16H2,1-3H3,(H2,23,24,25). The van der Waals surface area contributed by atoms with Crippen molar-refractivity contribution < 1.29 is 4.74 Å². The van der Waals surface area contributed by atoms with E-state index in [1.807, 2.05) is 6.07 Å². The van der Waals surface area contributed by atoms with Crippen molar-refractivity contribution in [3.63, 3.8) is 0 Å². The Labute approximate surface area is 166 Å². The van der Waals surface area contributed by atoms with E-state index < -0.39 is 0 Å². The van der Waals surface area contributed by atoms with E-state index in [1.165, 1.54) is 16.6 Å². The van der Waals surface area contributed by atoms with Crippen LogP contribution in [-0.4, -0.2) is 36.2 Å². The number of nitrogens with one attached hydrogen (secondary N) is 2. The first-order valence-corrected chi connectivity index (χ1v) is 9.64. The minimum Gasteiger partial charge on any atom is -0.380 e. The Morgan fingerprint density at radius 3 is 2.75 bits per heavy atom. The lowest BCUT2D eigenvalue weighted by Crippen LogP contribution is -2.37. The molecule has 0 aliphatic heterocycles. The van der Waals surface area contributed by atoms with E-state index in [4.69, 9.17) is 4.74 Å². The third kappa shape index (κ3) is 5.10. The lowest BCUT2D eigenvalue weighted by atomic mass is 10.1. The van der Waals surface area contributed by atoms with Crippen molar-refractivity contribution in [2.45, 2.75) is 33.0 Å². The largest absolute Gasteiger partial charge is 0.380 e. The fourth-order valence-electron chi connectivity index (χ4n) is 3.32. The second-order valence-electron chi connectivity index (χ2n) is 6.76. The van der Waals surface area contributed by atoms with Crippen LogP contribution in [0.3, 0.4) is 0 Å². The Bertz CT molecular complexity index is 932. The molecule has 2 aromatic carbocycles. The molecule has 0 atom stereocenters. The highest BCUT2D eigenvalue weighted by molar-refractivity contribution is 5.79. The number of aryl methyl sites for hydroxylation is 2. The molecule has 1 heterocycles. The molecule has 0 unspecified atom stereocenters. The maximum Gasteiger partial charge on any atom is 0.191 e. The van der Waals surface area contributed by atoms with Gasteiger partial charge in [0.1, 0.15) is 5.82 Å². The normalized spacial score (nSPS) is 11.8. The molecule has 0 aliphatic carbocycles. The molecule has 0 radical (unpaired) electrons. The van der Waals surface area contributed by atoms with Crippen LogP contribution in [0.5, 0.6) is 0 Å². The van der Waals surface area contributed by atoms with Gasteiger partial charge in [-0.3, -0.25) is 4.99 Å². The molecule has 1 aromatic heterocycles. The minimum absolute atomic E-state index is 0.628. The van der Waals surface area contributed by atoms with Gasteiger partial charge in [0.15, 0.2) is 5.96 Å². The van der Waals surface area contributed by atoms with Gasteiger partial charge in [0.2, 0.25) is 0 Å².